The maximum atomic E-state index is 12.8. The van der Waals surface area contributed by atoms with Crippen molar-refractivity contribution in [3.8, 4) is 0 Å². The molecule has 0 bridgehead atoms. The normalized spacial score (nSPS) is 12.0. The fourth-order valence-corrected chi connectivity index (χ4v) is 4.10. The molecule has 10 nitrogen and oxygen atoms in total. The molecule has 11 heteroatoms. The van der Waals surface area contributed by atoms with Gasteiger partial charge in [0.15, 0.2) is 5.96 Å². The van der Waals surface area contributed by atoms with E-state index in [1.807, 2.05) is 5.48 Å². The summed E-state index contributed by atoms with van der Waals surface area (Å²) < 4.78 is 27.7. The molecule has 6 N–H and O–H groups in total. The molecule has 0 saturated heterocycles. The van der Waals surface area contributed by atoms with Crippen LogP contribution >= 0.6 is 0 Å². The number of sulfonamides is 1. The molecule has 36 heavy (non-hydrogen) atoms. The van der Waals surface area contributed by atoms with Gasteiger partial charge in [-0.2, -0.15) is 10.2 Å². The van der Waals surface area contributed by atoms with Gasteiger partial charge < -0.3 is 15.9 Å². The van der Waals surface area contributed by atoms with Crippen LogP contribution in [0.3, 0.4) is 0 Å². The number of carbonyl (C=O) groups excluding carboxylic acids is 2. The van der Waals surface area contributed by atoms with Gasteiger partial charge in [0, 0.05) is 16.7 Å². The van der Waals surface area contributed by atoms with Crippen molar-refractivity contribution in [2.75, 3.05) is 5.32 Å². The van der Waals surface area contributed by atoms with Crippen molar-refractivity contribution in [3.05, 3.63) is 107 Å². The highest BCUT2D eigenvalue weighted by atomic mass is 32.2. The summed E-state index contributed by atoms with van der Waals surface area (Å²) in [7, 11) is -4.04. The first kappa shape index (κ1) is 26.1. The molecule has 0 unspecified atom stereocenters. The molecule has 3 aromatic rings. The van der Waals surface area contributed by atoms with E-state index in [1.165, 1.54) is 18.2 Å². The lowest BCUT2D eigenvalue weighted by Gasteiger charge is -2.17. The minimum Gasteiger partial charge on any atom is -0.370 e. The molecule has 0 aliphatic carbocycles. The summed E-state index contributed by atoms with van der Waals surface area (Å²) in [5, 5.41) is 10.8. The average Bonchev–Trinajstić information content (AvgIpc) is 2.86. The first-order valence-corrected chi connectivity index (χ1v) is 12.3. The third-order valence-electron chi connectivity index (χ3n) is 4.76. The molecule has 0 fully saturated rings. The van der Waals surface area contributed by atoms with E-state index in [0.717, 1.165) is 5.41 Å². The van der Waals surface area contributed by atoms with Gasteiger partial charge in [-0.05, 0) is 41.8 Å². The van der Waals surface area contributed by atoms with E-state index in [-0.39, 0.29) is 17.9 Å². The van der Waals surface area contributed by atoms with E-state index in [2.05, 4.69) is 10.0 Å². The highest BCUT2D eigenvalue weighted by Crippen LogP contribution is 2.11. The lowest BCUT2D eigenvalue weighted by molar-refractivity contribution is -0.151. The number of guanidine groups is 1. The number of benzene rings is 3. The molecule has 3 rings (SSSR count). The maximum absolute atomic E-state index is 12.8. The number of anilines is 1. The van der Waals surface area contributed by atoms with Crippen LogP contribution in [0.5, 0.6) is 0 Å². The van der Waals surface area contributed by atoms with Crippen LogP contribution in [0, 0.1) is 5.41 Å². The van der Waals surface area contributed by atoms with Crippen molar-refractivity contribution in [2.24, 2.45) is 5.73 Å². The van der Waals surface area contributed by atoms with E-state index in [9.17, 15) is 18.0 Å². The summed E-state index contributed by atoms with van der Waals surface area (Å²) in [4.78, 5) is 30.2. The number of nitrogens with two attached hydrogens (primary N) is 1. The first-order valence-electron chi connectivity index (χ1n) is 10.7. The van der Waals surface area contributed by atoms with Gasteiger partial charge in [0.05, 0.1) is 0 Å². The molecular weight excluding hydrogens is 482 g/mol. The Bertz CT molecular complexity index is 1350. The van der Waals surface area contributed by atoms with Crippen LogP contribution in [0.1, 0.15) is 21.5 Å². The van der Waals surface area contributed by atoms with E-state index in [1.54, 1.807) is 72.8 Å². The Labute approximate surface area is 208 Å². The Hall–Kier alpha value is -4.48. The molecule has 0 heterocycles. The second kappa shape index (κ2) is 12.3. The first-order chi connectivity index (χ1) is 17.2. The minimum atomic E-state index is -4.04. The Balaban J connectivity index is 1.71. The van der Waals surface area contributed by atoms with Crippen LogP contribution in [0.15, 0.2) is 90.3 Å². The van der Waals surface area contributed by atoms with Crippen LogP contribution in [0.4, 0.5) is 5.69 Å². The zero-order valence-electron chi connectivity index (χ0n) is 19.0. The second-order valence-electron chi connectivity index (χ2n) is 7.59. The molecule has 1 amide bonds. The Morgan fingerprint density at radius 2 is 1.64 bits per heavy atom. The van der Waals surface area contributed by atoms with Gasteiger partial charge in [-0.1, -0.05) is 66.7 Å². The van der Waals surface area contributed by atoms with Crippen molar-refractivity contribution in [3.63, 3.8) is 0 Å². The van der Waals surface area contributed by atoms with Crippen molar-refractivity contribution in [1.29, 1.82) is 5.41 Å². The van der Waals surface area contributed by atoms with Crippen molar-refractivity contribution >= 4 is 39.6 Å². The van der Waals surface area contributed by atoms with E-state index >= 15 is 0 Å². The van der Waals surface area contributed by atoms with Crippen LogP contribution < -0.4 is 21.3 Å². The molecule has 0 aliphatic heterocycles. The smallest absolute Gasteiger partial charge is 0.350 e. The average molecular weight is 508 g/mol. The lowest BCUT2D eigenvalue weighted by Crippen LogP contribution is -2.45. The molecule has 0 spiro atoms. The summed E-state index contributed by atoms with van der Waals surface area (Å²) in [6.07, 6.45) is 1.39. The summed E-state index contributed by atoms with van der Waals surface area (Å²) in [5.41, 5.74) is 9.19. The number of carbonyl (C=O) groups is 2. The van der Waals surface area contributed by atoms with Crippen LogP contribution in [-0.4, -0.2) is 32.3 Å². The predicted molar refractivity (Wildman–Crippen MR) is 137 cm³/mol. The van der Waals surface area contributed by atoms with Crippen molar-refractivity contribution in [1.82, 2.24) is 10.2 Å². The summed E-state index contributed by atoms with van der Waals surface area (Å²) in [5.74, 6) is -2.06. The predicted octanol–water partition coefficient (Wildman–Crippen LogP) is 2.38. The third kappa shape index (κ3) is 8.38. The molecule has 0 aromatic heterocycles. The monoisotopic (exact) mass is 507 g/mol. The largest absolute Gasteiger partial charge is 0.370 e. The highest BCUT2D eigenvalue weighted by Gasteiger charge is 2.26. The third-order valence-corrected chi connectivity index (χ3v) is 5.87. The SMILES string of the molecule is N=C(N)Nc1cccc(C(=O)NOC(=O)[C@H](Cc2ccccc2)NS(=O)(=O)C=Cc2ccccc2)c1. The Kier molecular flexibility index (Phi) is 8.92. The zero-order valence-corrected chi connectivity index (χ0v) is 19.9. The Morgan fingerprint density at radius 3 is 2.31 bits per heavy atom. The highest BCUT2D eigenvalue weighted by molar-refractivity contribution is 7.92. The number of nitrogens with one attached hydrogen (secondary N) is 4. The molecule has 0 saturated carbocycles. The van der Waals surface area contributed by atoms with Gasteiger partial charge in [-0.25, -0.2) is 13.2 Å². The molecule has 0 aliphatic rings. The van der Waals surface area contributed by atoms with Crippen LogP contribution in [-0.2, 0) is 26.1 Å². The maximum Gasteiger partial charge on any atom is 0.350 e. The van der Waals surface area contributed by atoms with Crippen LogP contribution in [0.2, 0.25) is 0 Å². The molecule has 186 valence electrons. The van der Waals surface area contributed by atoms with Gasteiger partial charge in [0.1, 0.15) is 6.04 Å². The Morgan fingerprint density at radius 1 is 0.972 bits per heavy atom. The van der Waals surface area contributed by atoms with Gasteiger partial charge in [0.25, 0.3) is 5.91 Å². The number of hydroxylamine groups is 1. The fraction of sp³-hybridized carbons (Fsp3) is 0.0800. The van der Waals surface area contributed by atoms with Crippen LogP contribution in [0.25, 0.3) is 6.08 Å². The minimum absolute atomic E-state index is 0.00797. The zero-order chi connectivity index (χ0) is 26.0. The van der Waals surface area contributed by atoms with Crippen molar-refractivity contribution in [2.45, 2.75) is 12.5 Å². The summed E-state index contributed by atoms with van der Waals surface area (Å²) >= 11 is 0. The molecule has 1 atom stereocenters. The number of amides is 1. The molecule has 0 radical (unpaired) electrons. The lowest BCUT2D eigenvalue weighted by atomic mass is 10.1. The van der Waals surface area contributed by atoms with E-state index < -0.39 is 27.9 Å². The van der Waals surface area contributed by atoms with Gasteiger partial charge in [-0.15, -0.1) is 0 Å². The quantitative estimate of drug-likeness (QED) is 0.169. The van der Waals surface area contributed by atoms with E-state index in [4.69, 9.17) is 16.0 Å². The van der Waals surface area contributed by atoms with Crippen molar-refractivity contribution < 1.29 is 22.8 Å². The number of hydrogen-bond donors (Lipinski definition) is 5. The standard InChI is InChI=1S/C25H25N5O5S/c26-25(27)28-21-13-7-12-20(17-21)23(31)29-35-24(32)22(16-19-10-5-2-6-11-19)30-36(33,34)15-14-18-8-3-1-4-9-18/h1-15,17,22,30H,16H2,(H,29,31)(H4,26,27,28)/t22-/m0/s1. The second-order valence-corrected chi connectivity index (χ2v) is 9.19. The van der Waals surface area contributed by atoms with E-state index in [0.29, 0.717) is 16.8 Å². The topological polar surface area (TPSA) is 163 Å². The molecular formula is C25H25N5O5S. The van der Waals surface area contributed by atoms with Gasteiger partial charge in [0.2, 0.25) is 10.0 Å². The van der Waals surface area contributed by atoms with Gasteiger partial charge >= 0.3 is 5.97 Å². The number of hydrogen-bond acceptors (Lipinski definition) is 6. The number of rotatable bonds is 9. The van der Waals surface area contributed by atoms with Gasteiger partial charge in [-0.3, -0.25) is 10.2 Å². The summed E-state index contributed by atoms with van der Waals surface area (Å²) in [6.45, 7) is 0. The molecule has 3 aromatic carbocycles. The fourth-order valence-electron chi connectivity index (χ4n) is 3.11. The summed E-state index contributed by atoms with van der Waals surface area (Å²) in [6, 6.07) is 22.3.